The summed E-state index contributed by atoms with van der Waals surface area (Å²) >= 11 is 1.42. The predicted molar refractivity (Wildman–Crippen MR) is 133 cm³/mol. The molecule has 3 aromatic heterocycles. The summed E-state index contributed by atoms with van der Waals surface area (Å²) in [6.45, 7) is 0. The molecule has 0 saturated carbocycles. The van der Waals surface area contributed by atoms with Crippen LogP contribution in [0, 0.1) is 5.82 Å². The predicted octanol–water partition coefficient (Wildman–Crippen LogP) is 6.96. The molecule has 0 fully saturated rings. The van der Waals surface area contributed by atoms with Crippen molar-refractivity contribution in [1.82, 2.24) is 15.0 Å². The molecule has 0 amide bonds. The zero-order chi connectivity index (χ0) is 22.4. The van der Waals surface area contributed by atoms with E-state index in [4.69, 9.17) is 10.7 Å². The van der Waals surface area contributed by atoms with E-state index in [1.807, 2.05) is 78.2 Å². The summed E-state index contributed by atoms with van der Waals surface area (Å²) in [5, 5.41) is 3.30. The van der Waals surface area contributed by atoms with Crippen LogP contribution in [0.3, 0.4) is 0 Å². The summed E-state index contributed by atoms with van der Waals surface area (Å²) in [5.74, 6) is -0.0443. The number of pyridine rings is 1. The summed E-state index contributed by atoms with van der Waals surface area (Å²) in [6.07, 6.45) is 1.43. The van der Waals surface area contributed by atoms with E-state index >= 15 is 4.39 Å². The highest BCUT2D eigenvalue weighted by Crippen LogP contribution is 2.40. The summed E-state index contributed by atoms with van der Waals surface area (Å²) in [6, 6.07) is 25.6. The van der Waals surface area contributed by atoms with Gasteiger partial charge >= 0.3 is 0 Å². The van der Waals surface area contributed by atoms with Crippen LogP contribution in [-0.4, -0.2) is 15.0 Å². The number of aromatic nitrogens is 3. The maximum absolute atomic E-state index is 16.1. The van der Waals surface area contributed by atoms with Gasteiger partial charge in [0.05, 0.1) is 11.1 Å². The van der Waals surface area contributed by atoms with E-state index in [0.29, 0.717) is 27.8 Å². The van der Waals surface area contributed by atoms with Crippen molar-refractivity contribution >= 4 is 38.3 Å². The van der Waals surface area contributed by atoms with E-state index in [-0.39, 0.29) is 5.82 Å². The molecule has 0 aliphatic carbocycles. The van der Waals surface area contributed by atoms with Crippen molar-refractivity contribution in [2.24, 2.45) is 0 Å². The second-order valence-electron chi connectivity index (χ2n) is 7.70. The molecule has 3 heterocycles. The first-order valence-corrected chi connectivity index (χ1v) is 11.3. The number of anilines is 1. The first-order chi connectivity index (χ1) is 16.2. The SMILES string of the molecule is Nc1ncnc2scc(-c3ccc4c(-c5ccccc5)cc(-c5ccccc5)nc4c3F)c12. The molecule has 0 unspecified atom stereocenters. The topological polar surface area (TPSA) is 64.7 Å². The van der Waals surface area contributed by atoms with Crippen LogP contribution in [-0.2, 0) is 0 Å². The molecule has 6 aromatic rings. The van der Waals surface area contributed by atoms with Crippen LogP contribution in [0.15, 0.2) is 90.6 Å². The van der Waals surface area contributed by atoms with E-state index < -0.39 is 0 Å². The Bertz CT molecular complexity index is 1630. The fourth-order valence-corrected chi connectivity index (χ4v) is 5.09. The number of nitrogens with two attached hydrogens (primary N) is 1. The van der Waals surface area contributed by atoms with Crippen LogP contribution >= 0.6 is 11.3 Å². The summed E-state index contributed by atoms with van der Waals surface area (Å²) in [5.41, 5.74) is 11.1. The van der Waals surface area contributed by atoms with Gasteiger partial charge in [0, 0.05) is 27.5 Å². The van der Waals surface area contributed by atoms with E-state index in [9.17, 15) is 0 Å². The highest BCUT2D eigenvalue weighted by molar-refractivity contribution is 7.17. The van der Waals surface area contributed by atoms with Crippen molar-refractivity contribution in [3.63, 3.8) is 0 Å². The molecule has 4 nitrogen and oxygen atoms in total. The zero-order valence-electron chi connectivity index (χ0n) is 17.4. The molecule has 0 aliphatic heterocycles. The smallest absolute Gasteiger partial charge is 0.157 e. The molecular weight excluding hydrogens is 431 g/mol. The number of nitrogen functional groups attached to an aromatic ring is 1. The zero-order valence-corrected chi connectivity index (χ0v) is 18.2. The molecule has 3 aromatic carbocycles. The number of thiophene rings is 1. The van der Waals surface area contributed by atoms with Gasteiger partial charge in [-0.25, -0.2) is 19.3 Å². The van der Waals surface area contributed by atoms with Gasteiger partial charge in [-0.3, -0.25) is 0 Å². The van der Waals surface area contributed by atoms with Crippen LogP contribution < -0.4 is 5.73 Å². The third-order valence-electron chi connectivity index (χ3n) is 5.76. The lowest BCUT2D eigenvalue weighted by Gasteiger charge is -2.13. The Morgan fingerprint density at radius 1 is 0.758 bits per heavy atom. The van der Waals surface area contributed by atoms with Crippen molar-refractivity contribution in [3.8, 4) is 33.5 Å². The average Bonchev–Trinajstić information content (AvgIpc) is 3.30. The number of benzene rings is 3. The average molecular weight is 449 g/mol. The Hall–Kier alpha value is -4.16. The number of hydrogen-bond donors (Lipinski definition) is 1. The molecule has 0 spiro atoms. The van der Waals surface area contributed by atoms with Gasteiger partial charge in [0.15, 0.2) is 5.82 Å². The van der Waals surface area contributed by atoms with Gasteiger partial charge in [0.1, 0.15) is 22.5 Å². The van der Waals surface area contributed by atoms with Crippen molar-refractivity contribution in [3.05, 3.63) is 96.4 Å². The lowest BCUT2D eigenvalue weighted by atomic mass is 9.95. The number of halogens is 1. The van der Waals surface area contributed by atoms with Crippen LogP contribution in [0.2, 0.25) is 0 Å². The standard InChI is InChI=1S/C27H17FN4S/c28-24-18(21-14-33-27-23(21)26(29)30-15-31-27)11-12-19-20(16-7-3-1-4-8-16)13-22(32-25(19)24)17-9-5-2-6-10-17/h1-15H,(H2,29,30,31). The maximum Gasteiger partial charge on any atom is 0.157 e. The summed E-state index contributed by atoms with van der Waals surface area (Å²) in [4.78, 5) is 13.9. The third kappa shape index (κ3) is 3.23. The third-order valence-corrected chi connectivity index (χ3v) is 6.65. The Morgan fingerprint density at radius 2 is 1.48 bits per heavy atom. The Labute approximate surface area is 193 Å². The van der Waals surface area contributed by atoms with Gasteiger partial charge in [-0.1, -0.05) is 72.8 Å². The van der Waals surface area contributed by atoms with Gasteiger partial charge < -0.3 is 5.73 Å². The fourth-order valence-electron chi connectivity index (χ4n) is 4.18. The second kappa shape index (κ2) is 7.76. The minimum Gasteiger partial charge on any atom is -0.383 e. The van der Waals surface area contributed by atoms with E-state index in [1.54, 1.807) is 6.07 Å². The molecule has 33 heavy (non-hydrogen) atoms. The summed E-state index contributed by atoms with van der Waals surface area (Å²) in [7, 11) is 0. The molecule has 6 rings (SSSR count). The minimum atomic E-state index is -0.384. The number of fused-ring (bicyclic) bond motifs is 2. The largest absolute Gasteiger partial charge is 0.383 e. The highest BCUT2D eigenvalue weighted by Gasteiger charge is 2.19. The molecule has 0 aliphatic rings. The van der Waals surface area contributed by atoms with Crippen LogP contribution in [0.25, 0.3) is 54.6 Å². The van der Waals surface area contributed by atoms with E-state index in [0.717, 1.165) is 32.6 Å². The Balaban J connectivity index is 1.67. The van der Waals surface area contributed by atoms with Gasteiger partial charge in [0.25, 0.3) is 0 Å². The lowest BCUT2D eigenvalue weighted by molar-refractivity contribution is 0.640. The van der Waals surface area contributed by atoms with Gasteiger partial charge in [-0.05, 0) is 17.2 Å². The minimum absolute atomic E-state index is 0.322. The highest BCUT2D eigenvalue weighted by atomic mass is 32.1. The molecule has 6 heteroatoms. The van der Waals surface area contributed by atoms with Gasteiger partial charge in [0.2, 0.25) is 0 Å². The first-order valence-electron chi connectivity index (χ1n) is 10.4. The van der Waals surface area contributed by atoms with E-state index in [1.165, 1.54) is 17.7 Å². The molecular formula is C27H17FN4S. The Kier molecular flexibility index (Phi) is 4.59. The van der Waals surface area contributed by atoms with Gasteiger partial charge in [-0.15, -0.1) is 11.3 Å². The second-order valence-corrected chi connectivity index (χ2v) is 8.56. The molecule has 158 valence electrons. The number of hydrogen-bond acceptors (Lipinski definition) is 5. The fraction of sp³-hybridized carbons (Fsp3) is 0. The number of nitrogens with zero attached hydrogens (tertiary/aromatic N) is 3. The van der Waals surface area contributed by atoms with Crippen LogP contribution in [0.4, 0.5) is 10.2 Å². The molecule has 0 radical (unpaired) electrons. The molecule has 0 atom stereocenters. The molecule has 2 N–H and O–H groups in total. The molecule has 0 saturated heterocycles. The van der Waals surface area contributed by atoms with Crippen LogP contribution in [0.1, 0.15) is 0 Å². The Morgan fingerprint density at radius 3 is 2.24 bits per heavy atom. The number of rotatable bonds is 3. The monoisotopic (exact) mass is 448 g/mol. The van der Waals surface area contributed by atoms with Crippen molar-refractivity contribution in [2.45, 2.75) is 0 Å². The van der Waals surface area contributed by atoms with Crippen molar-refractivity contribution in [2.75, 3.05) is 5.73 Å². The van der Waals surface area contributed by atoms with Gasteiger partial charge in [-0.2, -0.15) is 0 Å². The first kappa shape index (κ1) is 19.5. The normalized spacial score (nSPS) is 11.3. The van der Waals surface area contributed by atoms with E-state index in [2.05, 4.69) is 9.97 Å². The maximum atomic E-state index is 16.1. The van der Waals surface area contributed by atoms with Crippen LogP contribution in [0.5, 0.6) is 0 Å². The lowest BCUT2D eigenvalue weighted by Crippen LogP contribution is -1.96. The quantitative estimate of drug-likeness (QED) is 0.318. The van der Waals surface area contributed by atoms with Crippen molar-refractivity contribution < 1.29 is 4.39 Å². The molecule has 0 bridgehead atoms. The van der Waals surface area contributed by atoms with Crippen molar-refractivity contribution in [1.29, 1.82) is 0 Å². The summed E-state index contributed by atoms with van der Waals surface area (Å²) < 4.78 is 16.1.